The molecule has 0 aliphatic heterocycles. The van der Waals surface area contributed by atoms with E-state index in [1.165, 1.54) is 0 Å². The van der Waals surface area contributed by atoms with E-state index in [-0.39, 0.29) is 24.5 Å². The second-order valence-electron chi connectivity index (χ2n) is 6.03. The fraction of sp³-hybridized carbons (Fsp3) is 0.444. The predicted octanol–water partition coefficient (Wildman–Crippen LogP) is 2.07. The van der Waals surface area contributed by atoms with Crippen molar-refractivity contribution in [2.75, 3.05) is 6.61 Å². The minimum absolute atomic E-state index is 0.0597. The molecule has 0 fully saturated rings. The van der Waals surface area contributed by atoms with Gasteiger partial charge in [0.25, 0.3) is 0 Å². The third-order valence-electron chi connectivity index (χ3n) is 4.32. The molecule has 1 aromatic heterocycles. The molecule has 0 saturated heterocycles. The third-order valence-corrected chi connectivity index (χ3v) is 4.32. The second kappa shape index (κ2) is 7.42. The molecule has 0 spiro atoms. The number of aliphatic hydroxyl groups is 1. The first-order valence-corrected chi connectivity index (χ1v) is 7.89. The van der Waals surface area contributed by atoms with Crippen LogP contribution in [0, 0.1) is 19.8 Å². The monoisotopic (exact) mass is 315 g/mol. The lowest BCUT2D eigenvalue weighted by atomic mass is 9.98. The van der Waals surface area contributed by atoms with Gasteiger partial charge in [-0.2, -0.15) is 5.10 Å². The average molecular weight is 315 g/mol. The van der Waals surface area contributed by atoms with Crippen molar-refractivity contribution >= 4 is 5.91 Å². The Morgan fingerprint density at radius 1 is 1.30 bits per heavy atom. The van der Waals surface area contributed by atoms with Crippen molar-refractivity contribution in [2.45, 2.75) is 33.2 Å². The zero-order chi connectivity index (χ0) is 17.0. The highest BCUT2D eigenvalue weighted by Gasteiger charge is 2.21. The number of aliphatic hydroxyl groups excluding tert-OH is 1. The van der Waals surface area contributed by atoms with E-state index in [9.17, 15) is 9.90 Å². The Morgan fingerprint density at radius 2 is 1.96 bits per heavy atom. The van der Waals surface area contributed by atoms with Gasteiger partial charge in [0.2, 0.25) is 5.91 Å². The number of hydrogen-bond acceptors (Lipinski definition) is 3. The molecule has 0 saturated carbocycles. The summed E-state index contributed by atoms with van der Waals surface area (Å²) in [5.41, 5.74) is 4.08. The molecule has 0 aliphatic carbocycles. The predicted molar refractivity (Wildman–Crippen MR) is 90.0 cm³/mol. The number of carbonyl (C=O) groups excluding carboxylic acids is 1. The maximum absolute atomic E-state index is 12.5. The second-order valence-corrected chi connectivity index (χ2v) is 6.03. The molecule has 2 rings (SSSR count). The van der Waals surface area contributed by atoms with E-state index in [4.69, 9.17) is 0 Å². The van der Waals surface area contributed by atoms with Crippen molar-refractivity contribution in [2.24, 2.45) is 13.0 Å². The number of carbonyl (C=O) groups is 1. The topological polar surface area (TPSA) is 67.2 Å². The van der Waals surface area contributed by atoms with Crippen molar-refractivity contribution in [3.8, 4) is 0 Å². The summed E-state index contributed by atoms with van der Waals surface area (Å²) in [5.74, 6) is -0.245. The number of nitrogens with zero attached hydrogens (tertiary/aromatic N) is 2. The van der Waals surface area contributed by atoms with E-state index in [1.807, 2.05) is 62.8 Å². The van der Waals surface area contributed by atoms with E-state index in [1.54, 1.807) is 0 Å². The molecule has 23 heavy (non-hydrogen) atoms. The summed E-state index contributed by atoms with van der Waals surface area (Å²) >= 11 is 0. The summed E-state index contributed by atoms with van der Waals surface area (Å²) in [7, 11) is 1.91. The van der Waals surface area contributed by atoms with Gasteiger partial charge in [0.05, 0.1) is 18.3 Å². The van der Waals surface area contributed by atoms with Crippen LogP contribution in [0.4, 0.5) is 0 Å². The number of benzene rings is 1. The van der Waals surface area contributed by atoms with Gasteiger partial charge in [-0.3, -0.25) is 9.48 Å². The van der Waals surface area contributed by atoms with Gasteiger partial charge >= 0.3 is 0 Å². The highest BCUT2D eigenvalue weighted by molar-refractivity contribution is 5.79. The van der Waals surface area contributed by atoms with Gasteiger partial charge in [-0.15, -0.1) is 0 Å². The van der Waals surface area contributed by atoms with Crippen LogP contribution in [0.15, 0.2) is 30.3 Å². The maximum atomic E-state index is 12.5. The fourth-order valence-electron chi connectivity index (χ4n) is 2.75. The lowest BCUT2D eigenvalue weighted by Crippen LogP contribution is -2.35. The van der Waals surface area contributed by atoms with Gasteiger partial charge in [-0.25, -0.2) is 0 Å². The van der Waals surface area contributed by atoms with Crippen LogP contribution in [0.2, 0.25) is 0 Å². The number of amides is 1. The minimum atomic E-state index is -0.373. The summed E-state index contributed by atoms with van der Waals surface area (Å²) in [6.07, 6.45) is 0.643. The molecule has 2 atom stereocenters. The standard InChI is InChI=1S/C18H25N3O2/c1-12(10-16-13(2)20-21(4)14(16)3)18(23)19-17(11-22)15-8-6-5-7-9-15/h5-9,12,17,22H,10-11H2,1-4H3,(H,19,23)/t12?,17-/m1/s1. The van der Waals surface area contributed by atoms with Gasteiger partial charge in [0.15, 0.2) is 0 Å². The highest BCUT2D eigenvalue weighted by Crippen LogP contribution is 2.18. The number of rotatable bonds is 6. The molecule has 1 unspecified atom stereocenters. The summed E-state index contributed by atoms with van der Waals surface area (Å²) in [4.78, 5) is 12.5. The van der Waals surface area contributed by atoms with Gasteiger partial charge in [-0.05, 0) is 31.4 Å². The van der Waals surface area contributed by atoms with Crippen LogP contribution in [-0.4, -0.2) is 27.4 Å². The van der Waals surface area contributed by atoms with Crippen molar-refractivity contribution in [3.63, 3.8) is 0 Å². The lowest BCUT2D eigenvalue weighted by Gasteiger charge is -2.20. The Morgan fingerprint density at radius 3 is 2.48 bits per heavy atom. The first-order chi connectivity index (χ1) is 10.9. The van der Waals surface area contributed by atoms with Crippen LogP contribution in [0.3, 0.4) is 0 Å². The quantitative estimate of drug-likeness (QED) is 0.857. The number of hydrogen-bond donors (Lipinski definition) is 2. The van der Waals surface area contributed by atoms with Gasteiger partial charge in [-0.1, -0.05) is 37.3 Å². The summed E-state index contributed by atoms with van der Waals surface area (Å²) in [6.45, 7) is 5.77. The summed E-state index contributed by atoms with van der Waals surface area (Å²) < 4.78 is 1.84. The number of aromatic nitrogens is 2. The maximum Gasteiger partial charge on any atom is 0.223 e. The van der Waals surface area contributed by atoms with E-state index >= 15 is 0 Å². The van der Waals surface area contributed by atoms with E-state index in [2.05, 4.69) is 10.4 Å². The van der Waals surface area contributed by atoms with Crippen LogP contribution in [0.1, 0.15) is 35.5 Å². The molecule has 5 heteroatoms. The van der Waals surface area contributed by atoms with Crippen LogP contribution in [0.5, 0.6) is 0 Å². The molecule has 0 radical (unpaired) electrons. The first kappa shape index (κ1) is 17.2. The van der Waals surface area contributed by atoms with Crippen LogP contribution in [-0.2, 0) is 18.3 Å². The number of nitrogens with one attached hydrogen (secondary N) is 1. The lowest BCUT2D eigenvalue weighted by molar-refractivity contribution is -0.125. The molecule has 0 bridgehead atoms. The van der Waals surface area contributed by atoms with Gasteiger partial charge < -0.3 is 10.4 Å². The van der Waals surface area contributed by atoms with Gasteiger partial charge in [0.1, 0.15) is 0 Å². The molecule has 1 amide bonds. The van der Waals surface area contributed by atoms with E-state index < -0.39 is 0 Å². The molecule has 5 nitrogen and oxygen atoms in total. The van der Waals surface area contributed by atoms with Crippen molar-refractivity contribution in [3.05, 3.63) is 52.8 Å². The zero-order valence-corrected chi connectivity index (χ0v) is 14.2. The Bertz CT molecular complexity index is 664. The van der Waals surface area contributed by atoms with E-state index in [0.29, 0.717) is 6.42 Å². The molecule has 0 aliphatic rings. The van der Waals surface area contributed by atoms with Gasteiger partial charge in [0, 0.05) is 18.7 Å². The van der Waals surface area contributed by atoms with Crippen molar-refractivity contribution in [1.82, 2.24) is 15.1 Å². The Balaban J connectivity index is 2.04. The van der Waals surface area contributed by atoms with Crippen molar-refractivity contribution in [1.29, 1.82) is 0 Å². The molecule has 2 N–H and O–H groups in total. The van der Waals surface area contributed by atoms with E-state index in [0.717, 1.165) is 22.5 Å². The Labute approximate surface area is 137 Å². The zero-order valence-electron chi connectivity index (χ0n) is 14.2. The van der Waals surface area contributed by atoms with Crippen LogP contribution < -0.4 is 5.32 Å². The summed E-state index contributed by atoms with van der Waals surface area (Å²) in [5, 5.41) is 16.9. The number of aryl methyl sites for hydroxylation is 2. The van der Waals surface area contributed by atoms with Crippen molar-refractivity contribution < 1.29 is 9.90 Å². The molecular formula is C18H25N3O2. The normalized spacial score (nSPS) is 13.6. The molecule has 2 aromatic rings. The average Bonchev–Trinajstić information content (AvgIpc) is 2.79. The smallest absolute Gasteiger partial charge is 0.223 e. The molecule has 1 heterocycles. The first-order valence-electron chi connectivity index (χ1n) is 7.89. The largest absolute Gasteiger partial charge is 0.394 e. The third kappa shape index (κ3) is 3.99. The summed E-state index contributed by atoms with van der Waals surface area (Å²) in [6, 6.07) is 9.15. The fourth-order valence-corrected chi connectivity index (χ4v) is 2.75. The minimum Gasteiger partial charge on any atom is -0.394 e. The molecule has 124 valence electrons. The Hall–Kier alpha value is -2.14. The van der Waals surface area contributed by atoms with Crippen LogP contribution >= 0.6 is 0 Å². The highest BCUT2D eigenvalue weighted by atomic mass is 16.3. The molecule has 1 aromatic carbocycles. The molecular weight excluding hydrogens is 290 g/mol. The SMILES string of the molecule is Cc1nn(C)c(C)c1CC(C)C(=O)N[C@H](CO)c1ccccc1. The van der Waals surface area contributed by atoms with Crippen LogP contribution in [0.25, 0.3) is 0 Å². The Kier molecular flexibility index (Phi) is 5.55.